The van der Waals surface area contributed by atoms with Gasteiger partial charge in [-0.15, -0.1) is 0 Å². The summed E-state index contributed by atoms with van der Waals surface area (Å²) in [6, 6.07) is 8.24. The van der Waals surface area contributed by atoms with Gasteiger partial charge in [-0.05, 0) is 30.2 Å². The first-order valence-corrected chi connectivity index (χ1v) is 6.66. The molecule has 2 aromatic rings. The number of hydrazine groups is 1. The van der Waals surface area contributed by atoms with Crippen LogP contribution in [-0.4, -0.2) is 7.11 Å². The quantitative estimate of drug-likeness (QED) is 0.657. The van der Waals surface area contributed by atoms with Crippen LogP contribution in [0.1, 0.15) is 17.2 Å². The number of nitrogens with two attached hydrogens (primary N) is 1. The normalized spacial score (nSPS) is 12.2. The zero-order valence-electron chi connectivity index (χ0n) is 11.4. The fourth-order valence-electron chi connectivity index (χ4n) is 2.08. The van der Waals surface area contributed by atoms with E-state index in [1.807, 2.05) is 0 Å². The lowest BCUT2D eigenvalue weighted by atomic mass is 9.98. The standard InChI is InChI=1S/C15H15ClF2N2O/c1-21-11-4-5-12(14(18)8-11)15(20-19)6-9-2-3-10(16)7-13(9)17/h2-5,7-8,15,20H,6,19H2,1H3. The molecule has 1 atom stereocenters. The molecular weight excluding hydrogens is 298 g/mol. The number of hydrogen-bond acceptors (Lipinski definition) is 3. The van der Waals surface area contributed by atoms with Gasteiger partial charge >= 0.3 is 0 Å². The van der Waals surface area contributed by atoms with Gasteiger partial charge in [-0.2, -0.15) is 0 Å². The van der Waals surface area contributed by atoms with Gasteiger partial charge in [-0.25, -0.2) is 8.78 Å². The maximum Gasteiger partial charge on any atom is 0.131 e. The molecule has 0 heterocycles. The van der Waals surface area contributed by atoms with E-state index in [1.54, 1.807) is 24.3 Å². The maximum absolute atomic E-state index is 14.1. The fraction of sp³-hybridized carbons (Fsp3) is 0.200. The summed E-state index contributed by atoms with van der Waals surface area (Å²) in [7, 11) is 1.45. The fourth-order valence-corrected chi connectivity index (χ4v) is 2.24. The molecule has 2 aromatic carbocycles. The van der Waals surface area contributed by atoms with E-state index in [4.69, 9.17) is 22.2 Å². The van der Waals surface area contributed by atoms with Gasteiger partial charge in [-0.1, -0.05) is 23.7 Å². The highest BCUT2D eigenvalue weighted by Crippen LogP contribution is 2.26. The van der Waals surface area contributed by atoms with Crippen molar-refractivity contribution in [2.45, 2.75) is 12.5 Å². The summed E-state index contributed by atoms with van der Waals surface area (Å²) < 4.78 is 32.8. The molecule has 21 heavy (non-hydrogen) atoms. The van der Waals surface area contributed by atoms with Gasteiger partial charge in [0.2, 0.25) is 0 Å². The van der Waals surface area contributed by atoms with Gasteiger partial charge in [-0.3, -0.25) is 11.3 Å². The second kappa shape index (κ2) is 6.85. The van der Waals surface area contributed by atoms with Gasteiger partial charge in [0.1, 0.15) is 17.4 Å². The largest absolute Gasteiger partial charge is 0.497 e. The summed E-state index contributed by atoms with van der Waals surface area (Å²) in [5.41, 5.74) is 3.25. The highest BCUT2D eigenvalue weighted by Gasteiger charge is 2.17. The number of benzene rings is 2. The van der Waals surface area contributed by atoms with E-state index in [1.165, 1.54) is 19.2 Å². The van der Waals surface area contributed by atoms with Crippen molar-refractivity contribution in [3.8, 4) is 5.75 Å². The Morgan fingerprint density at radius 3 is 2.52 bits per heavy atom. The third-order valence-electron chi connectivity index (χ3n) is 3.22. The van der Waals surface area contributed by atoms with E-state index in [0.717, 1.165) is 0 Å². The highest BCUT2D eigenvalue weighted by molar-refractivity contribution is 6.30. The summed E-state index contributed by atoms with van der Waals surface area (Å²) in [5.74, 6) is 4.97. The molecular formula is C15H15ClF2N2O. The Kier molecular flexibility index (Phi) is 5.12. The van der Waals surface area contributed by atoms with Crippen LogP contribution in [0.5, 0.6) is 5.75 Å². The SMILES string of the molecule is COc1ccc(C(Cc2ccc(Cl)cc2F)NN)c(F)c1. The Morgan fingerprint density at radius 1 is 1.19 bits per heavy atom. The first-order chi connectivity index (χ1) is 10.0. The van der Waals surface area contributed by atoms with Crippen LogP contribution in [0.4, 0.5) is 8.78 Å². The molecule has 0 amide bonds. The van der Waals surface area contributed by atoms with E-state index in [0.29, 0.717) is 21.9 Å². The van der Waals surface area contributed by atoms with Crippen molar-refractivity contribution in [2.24, 2.45) is 5.84 Å². The van der Waals surface area contributed by atoms with Crippen molar-refractivity contribution in [1.29, 1.82) is 0 Å². The van der Waals surface area contributed by atoms with Crippen LogP contribution in [0.15, 0.2) is 36.4 Å². The molecule has 0 saturated heterocycles. The molecule has 3 N–H and O–H groups in total. The van der Waals surface area contributed by atoms with Gasteiger partial charge < -0.3 is 4.74 Å². The Hall–Kier alpha value is -1.69. The van der Waals surface area contributed by atoms with Crippen molar-refractivity contribution in [3.05, 3.63) is 64.2 Å². The summed E-state index contributed by atoms with van der Waals surface area (Å²) in [4.78, 5) is 0. The lowest BCUT2D eigenvalue weighted by Gasteiger charge is -2.18. The lowest BCUT2D eigenvalue weighted by Crippen LogP contribution is -2.30. The second-order valence-corrected chi connectivity index (χ2v) is 4.98. The second-order valence-electron chi connectivity index (χ2n) is 4.55. The highest BCUT2D eigenvalue weighted by atomic mass is 35.5. The minimum atomic E-state index is -0.563. The molecule has 0 radical (unpaired) electrons. The summed E-state index contributed by atoms with van der Waals surface area (Å²) in [6.45, 7) is 0. The Labute approximate surface area is 126 Å². The van der Waals surface area contributed by atoms with E-state index >= 15 is 0 Å². The van der Waals surface area contributed by atoms with E-state index in [-0.39, 0.29) is 6.42 Å². The molecule has 0 fully saturated rings. The number of methoxy groups -OCH3 is 1. The molecule has 112 valence electrons. The van der Waals surface area contributed by atoms with Crippen molar-refractivity contribution < 1.29 is 13.5 Å². The summed E-state index contributed by atoms with van der Waals surface area (Å²) in [6.07, 6.45) is 0.197. The first-order valence-electron chi connectivity index (χ1n) is 6.28. The van der Waals surface area contributed by atoms with Crippen LogP contribution in [0.3, 0.4) is 0 Å². The van der Waals surface area contributed by atoms with Crippen LogP contribution < -0.4 is 16.0 Å². The third-order valence-corrected chi connectivity index (χ3v) is 3.46. The molecule has 1 unspecified atom stereocenters. The Morgan fingerprint density at radius 2 is 1.95 bits per heavy atom. The molecule has 0 saturated carbocycles. The summed E-state index contributed by atoms with van der Waals surface area (Å²) >= 11 is 5.71. The average molecular weight is 313 g/mol. The molecule has 6 heteroatoms. The third kappa shape index (κ3) is 3.69. The predicted molar refractivity (Wildman–Crippen MR) is 78.1 cm³/mol. The monoisotopic (exact) mass is 312 g/mol. The topological polar surface area (TPSA) is 47.3 Å². The van der Waals surface area contributed by atoms with Crippen LogP contribution in [-0.2, 0) is 6.42 Å². The number of rotatable bonds is 5. The first kappa shape index (κ1) is 15.7. The van der Waals surface area contributed by atoms with Crippen LogP contribution in [0.2, 0.25) is 5.02 Å². The molecule has 0 bridgehead atoms. The maximum atomic E-state index is 14.1. The van der Waals surface area contributed by atoms with Gasteiger partial charge in [0.15, 0.2) is 0 Å². The predicted octanol–water partition coefficient (Wildman–Crippen LogP) is 3.37. The van der Waals surface area contributed by atoms with Crippen LogP contribution >= 0.6 is 11.6 Å². The molecule has 0 aliphatic carbocycles. The zero-order chi connectivity index (χ0) is 15.4. The molecule has 0 aromatic heterocycles. The van der Waals surface area contributed by atoms with Crippen LogP contribution in [0, 0.1) is 11.6 Å². The Balaban J connectivity index is 2.27. The average Bonchev–Trinajstić information content (AvgIpc) is 2.47. The molecule has 3 nitrogen and oxygen atoms in total. The smallest absolute Gasteiger partial charge is 0.131 e. The molecule has 0 aliphatic heterocycles. The van der Waals surface area contributed by atoms with Gasteiger partial charge in [0, 0.05) is 16.7 Å². The lowest BCUT2D eigenvalue weighted by molar-refractivity contribution is 0.409. The van der Waals surface area contributed by atoms with Crippen molar-refractivity contribution >= 4 is 11.6 Å². The van der Waals surface area contributed by atoms with Crippen LogP contribution in [0.25, 0.3) is 0 Å². The minimum Gasteiger partial charge on any atom is -0.497 e. The van der Waals surface area contributed by atoms with Gasteiger partial charge in [0.25, 0.3) is 0 Å². The van der Waals surface area contributed by atoms with Gasteiger partial charge in [0.05, 0.1) is 13.2 Å². The van der Waals surface area contributed by atoms with Crippen molar-refractivity contribution in [1.82, 2.24) is 5.43 Å². The zero-order valence-corrected chi connectivity index (χ0v) is 12.1. The summed E-state index contributed by atoms with van der Waals surface area (Å²) in [5, 5.41) is 0.309. The molecule has 0 spiro atoms. The minimum absolute atomic E-state index is 0.197. The van der Waals surface area contributed by atoms with E-state index in [2.05, 4.69) is 5.43 Å². The molecule has 2 rings (SSSR count). The van der Waals surface area contributed by atoms with Crippen molar-refractivity contribution in [3.63, 3.8) is 0 Å². The van der Waals surface area contributed by atoms with Crippen molar-refractivity contribution in [2.75, 3.05) is 7.11 Å². The van der Waals surface area contributed by atoms with E-state index < -0.39 is 17.7 Å². The number of halogens is 3. The number of ether oxygens (including phenoxy) is 1. The number of nitrogens with one attached hydrogen (secondary N) is 1. The van der Waals surface area contributed by atoms with E-state index in [9.17, 15) is 8.78 Å². The Bertz CT molecular complexity index is 637. The number of hydrogen-bond donors (Lipinski definition) is 2. The molecule has 0 aliphatic rings.